The van der Waals surface area contributed by atoms with E-state index in [9.17, 15) is 4.79 Å². The van der Waals surface area contributed by atoms with Gasteiger partial charge in [0.1, 0.15) is 11.5 Å². The third-order valence-electron chi connectivity index (χ3n) is 4.05. The fourth-order valence-corrected chi connectivity index (χ4v) is 2.81. The summed E-state index contributed by atoms with van der Waals surface area (Å²) in [5, 5.41) is 3.80. The van der Waals surface area contributed by atoms with Crippen LogP contribution in [0.25, 0.3) is 22.4 Å². The molecule has 1 aromatic carbocycles. The SMILES string of the molecule is NCc1cc(-c2ncc[nH]2)ccc1C(=O)Nc1ccnc2[nH]ccc12. The number of rotatable bonds is 4. The minimum atomic E-state index is -0.208. The smallest absolute Gasteiger partial charge is 0.256 e. The van der Waals surface area contributed by atoms with Crippen molar-refractivity contribution in [1.29, 1.82) is 0 Å². The first kappa shape index (κ1) is 15.1. The fourth-order valence-electron chi connectivity index (χ4n) is 2.81. The second-order valence-electron chi connectivity index (χ2n) is 5.57. The van der Waals surface area contributed by atoms with Crippen LogP contribution in [0.3, 0.4) is 0 Å². The van der Waals surface area contributed by atoms with E-state index in [-0.39, 0.29) is 12.5 Å². The molecule has 3 aromatic heterocycles. The molecule has 4 aromatic rings. The van der Waals surface area contributed by atoms with Gasteiger partial charge in [0.25, 0.3) is 5.91 Å². The molecule has 0 saturated heterocycles. The number of carbonyl (C=O) groups is 1. The molecule has 0 unspecified atom stereocenters. The molecule has 0 aliphatic carbocycles. The Morgan fingerprint density at radius 2 is 2.00 bits per heavy atom. The van der Waals surface area contributed by atoms with E-state index in [0.29, 0.717) is 11.3 Å². The van der Waals surface area contributed by atoms with Crippen LogP contribution in [-0.4, -0.2) is 25.8 Å². The molecule has 7 heteroatoms. The molecule has 0 aliphatic heterocycles. The number of hydrogen-bond acceptors (Lipinski definition) is 4. The monoisotopic (exact) mass is 332 g/mol. The van der Waals surface area contributed by atoms with Gasteiger partial charge < -0.3 is 21.0 Å². The van der Waals surface area contributed by atoms with Crippen LogP contribution in [0.5, 0.6) is 0 Å². The second kappa shape index (κ2) is 6.21. The lowest BCUT2D eigenvalue weighted by molar-refractivity contribution is 0.102. The average molecular weight is 332 g/mol. The van der Waals surface area contributed by atoms with E-state index >= 15 is 0 Å². The minimum absolute atomic E-state index is 0.208. The highest BCUT2D eigenvalue weighted by Gasteiger charge is 2.14. The lowest BCUT2D eigenvalue weighted by Gasteiger charge is -2.11. The minimum Gasteiger partial charge on any atom is -0.346 e. The van der Waals surface area contributed by atoms with E-state index in [2.05, 4.69) is 25.3 Å². The van der Waals surface area contributed by atoms with Crippen LogP contribution in [-0.2, 0) is 6.54 Å². The predicted octanol–water partition coefficient (Wildman–Crippen LogP) is 2.66. The van der Waals surface area contributed by atoms with Crippen LogP contribution in [0.1, 0.15) is 15.9 Å². The van der Waals surface area contributed by atoms with Gasteiger partial charge >= 0.3 is 0 Å². The molecule has 0 spiro atoms. The topological polar surface area (TPSA) is 112 Å². The lowest BCUT2D eigenvalue weighted by atomic mass is 10.0. The zero-order valence-corrected chi connectivity index (χ0v) is 13.3. The molecule has 1 amide bonds. The summed E-state index contributed by atoms with van der Waals surface area (Å²) >= 11 is 0. The van der Waals surface area contributed by atoms with Crippen LogP contribution in [0.2, 0.25) is 0 Å². The molecule has 5 N–H and O–H groups in total. The summed E-state index contributed by atoms with van der Waals surface area (Å²) in [6.45, 7) is 0.257. The van der Waals surface area contributed by atoms with Gasteiger partial charge in [-0.25, -0.2) is 9.97 Å². The van der Waals surface area contributed by atoms with Crippen LogP contribution in [0, 0.1) is 0 Å². The number of nitrogens with one attached hydrogen (secondary N) is 3. The molecule has 25 heavy (non-hydrogen) atoms. The summed E-state index contributed by atoms with van der Waals surface area (Å²) in [5.41, 5.74) is 9.47. The maximum Gasteiger partial charge on any atom is 0.256 e. The van der Waals surface area contributed by atoms with Gasteiger partial charge in [0.2, 0.25) is 0 Å². The molecular formula is C18H16N6O. The number of fused-ring (bicyclic) bond motifs is 1. The summed E-state index contributed by atoms with van der Waals surface area (Å²) in [4.78, 5) is 27.3. The first-order valence-electron chi connectivity index (χ1n) is 7.82. The summed E-state index contributed by atoms with van der Waals surface area (Å²) in [6.07, 6.45) is 6.88. The van der Waals surface area contributed by atoms with Crippen molar-refractivity contribution in [3.05, 3.63) is 66.2 Å². The molecule has 4 rings (SSSR count). The summed E-state index contributed by atoms with van der Waals surface area (Å²) < 4.78 is 0. The van der Waals surface area contributed by atoms with Gasteiger partial charge in [0.15, 0.2) is 0 Å². The Hall–Kier alpha value is -3.45. The summed E-state index contributed by atoms with van der Waals surface area (Å²) in [7, 11) is 0. The summed E-state index contributed by atoms with van der Waals surface area (Å²) in [5.74, 6) is 0.532. The number of hydrogen-bond donors (Lipinski definition) is 4. The number of pyridine rings is 1. The van der Waals surface area contributed by atoms with E-state index in [0.717, 1.165) is 28.0 Å². The first-order chi connectivity index (χ1) is 12.3. The van der Waals surface area contributed by atoms with E-state index in [1.807, 2.05) is 18.2 Å². The van der Waals surface area contributed by atoms with Gasteiger partial charge in [-0.05, 0) is 29.8 Å². The van der Waals surface area contributed by atoms with Crippen molar-refractivity contribution in [2.24, 2.45) is 5.73 Å². The number of benzene rings is 1. The summed E-state index contributed by atoms with van der Waals surface area (Å²) in [6, 6.07) is 9.15. The second-order valence-corrected chi connectivity index (χ2v) is 5.57. The van der Waals surface area contributed by atoms with Crippen molar-refractivity contribution in [2.45, 2.75) is 6.54 Å². The number of aromatic amines is 2. The quantitative estimate of drug-likeness (QED) is 0.460. The molecule has 3 heterocycles. The largest absolute Gasteiger partial charge is 0.346 e. The maximum absolute atomic E-state index is 12.7. The van der Waals surface area contributed by atoms with Gasteiger partial charge in [-0.2, -0.15) is 0 Å². The number of H-pyrrole nitrogens is 2. The first-order valence-corrected chi connectivity index (χ1v) is 7.82. The third-order valence-corrected chi connectivity index (χ3v) is 4.05. The van der Waals surface area contributed by atoms with Gasteiger partial charge in [-0.15, -0.1) is 0 Å². The molecule has 0 bridgehead atoms. The fraction of sp³-hybridized carbons (Fsp3) is 0.0556. The van der Waals surface area contributed by atoms with E-state index in [4.69, 9.17) is 5.73 Å². The normalized spacial score (nSPS) is 10.9. The zero-order valence-electron chi connectivity index (χ0n) is 13.3. The highest BCUT2D eigenvalue weighted by atomic mass is 16.1. The van der Waals surface area contributed by atoms with Crippen LogP contribution >= 0.6 is 0 Å². The van der Waals surface area contributed by atoms with E-state index < -0.39 is 0 Å². The average Bonchev–Trinajstić information content (AvgIpc) is 3.33. The Bertz CT molecular complexity index is 1030. The number of imidazole rings is 1. The Labute approximate surface area is 143 Å². The molecule has 0 aliphatic rings. The molecule has 7 nitrogen and oxygen atoms in total. The van der Waals surface area contributed by atoms with Crippen LogP contribution in [0.15, 0.2) is 55.1 Å². The molecule has 0 radical (unpaired) electrons. The molecule has 0 atom stereocenters. The van der Waals surface area contributed by atoms with Crippen molar-refractivity contribution in [1.82, 2.24) is 19.9 Å². The maximum atomic E-state index is 12.7. The zero-order chi connectivity index (χ0) is 17.2. The standard InChI is InChI=1S/C18H16N6O/c19-10-12-9-11(16-22-7-8-23-16)1-2-13(12)18(25)24-15-4-6-21-17-14(15)3-5-20-17/h1-9H,10,19H2,(H,22,23)(H2,20,21,24,25). The van der Waals surface area contributed by atoms with Gasteiger partial charge in [0.05, 0.1) is 5.69 Å². The number of anilines is 1. The highest BCUT2D eigenvalue weighted by molar-refractivity contribution is 6.09. The van der Waals surface area contributed by atoms with Gasteiger partial charge in [-0.1, -0.05) is 6.07 Å². The van der Waals surface area contributed by atoms with Crippen molar-refractivity contribution in [3.8, 4) is 11.4 Å². The molecule has 124 valence electrons. The number of nitrogens with two attached hydrogens (primary N) is 1. The van der Waals surface area contributed by atoms with Crippen molar-refractivity contribution in [3.63, 3.8) is 0 Å². The molecule has 0 saturated carbocycles. The Morgan fingerprint density at radius 3 is 2.80 bits per heavy atom. The van der Waals surface area contributed by atoms with Crippen LogP contribution in [0.4, 0.5) is 5.69 Å². The number of amides is 1. The Kier molecular flexibility index (Phi) is 3.75. The van der Waals surface area contributed by atoms with Crippen LogP contribution < -0.4 is 11.1 Å². The van der Waals surface area contributed by atoms with Gasteiger partial charge in [-0.3, -0.25) is 4.79 Å². The van der Waals surface area contributed by atoms with E-state index in [1.54, 1.807) is 36.9 Å². The molecular weight excluding hydrogens is 316 g/mol. The number of nitrogens with zero attached hydrogens (tertiary/aromatic N) is 2. The lowest BCUT2D eigenvalue weighted by Crippen LogP contribution is -2.16. The van der Waals surface area contributed by atoms with E-state index in [1.165, 1.54) is 0 Å². The number of aromatic nitrogens is 4. The van der Waals surface area contributed by atoms with Crippen molar-refractivity contribution >= 4 is 22.6 Å². The third kappa shape index (κ3) is 2.77. The number of carbonyl (C=O) groups excluding carboxylic acids is 1. The Morgan fingerprint density at radius 1 is 1.08 bits per heavy atom. The highest BCUT2D eigenvalue weighted by Crippen LogP contribution is 2.23. The predicted molar refractivity (Wildman–Crippen MR) is 96.0 cm³/mol. The van der Waals surface area contributed by atoms with Crippen molar-refractivity contribution < 1.29 is 4.79 Å². The van der Waals surface area contributed by atoms with Crippen molar-refractivity contribution in [2.75, 3.05) is 5.32 Å². The Balaban J connectivity index is 1.67. The van der Waals surface area contributed by atoms with Gasteiger partial charge in [0, 0.05) is 47.8 Å². The molecule has 0 fully saturated rings.